The molecule has 13 heavy (non-hydrogen) atoms. The molecule has 0 atom stereocenters. The first-order valence-electron chi connectivity index (χ1n) is 4.99. The number of rotatable bonds is 3. The quantitative estimate of drug-likeness (QED) is 0.686. The van der Waals surface area contributed by atoms with E-state index in [2.05, 4.69) is 50.9 Å². The van der Waals surface area contributed by atoms with Crippen molar-refractivity contribution in [2.75, 3.05) is 18.5 Å². The van der Waals surface area contributed by atoms with Crippen molar-refractivity contribution in [2.45, 2.75) is 27.2 Å². The van der Waals surface area contributed by atoms with Crippen LogP contribution in [0.3, 0.4) is 0 Å². The number of hydrogen-bond donors (Lipinski definition) is 0. The van der Waals surface area contributed by atoms with Crippen LogP contribution in [0.5, 0.6) is 0 Å². The Balaban J connectivity index is 2.95. The van der Waals surface area contributed by atoms with E-state index in [1.54, 1.807) is 0 Å². The first-order chi connectivity index (χ1) is 6.19. The molecule has 0 radical (unpaired) electrons. The fourth-order valence-corrected chi connectivity index (χ4v) is 1.50. The van der Waals surface area contributed by atoms with E-state index in [0.717, 1.165) is 13.0 Å². The maximum atomic E-state index is 2.27. The van der Waals surface area contributed by atoms with Gasteiger partial charge in [0.05, 0.1) is 0 Å². The lowest BCUT2D eigenvalue weighted by Gasteiger charge is -2.18. The van der Waals surface area contributed by atoms with Crippen molar-refractivity contribution in [1.29, 1.82) is 0 Å². The Bertz CT molecular complexity index is 278. The highest BCUT2D eigenvalue weighted by atomic mass is 15.1. The van der Waals surface area contributed by atoms with Gasteiger partial charge < -0.3 is 4.90 Å². The van der Waals surface area contributed by atoms with Crippen molar-refractivity contribution < 1.29 is 0 Å². The highest BCUT2D eigenvalue weighted by molar-refractivity contribution is 5.50. The van der Waals surface area contributed by atoms with Gasteiger partial charge in [0.15, 0.2) is 0 Å². The van der Waals surface area contributed by atoms with E-state index in [1.807, 2.05) is 0 Å². The topological polar surface area (TPSA) is 3.24 Å². The molecule has 0 fully saturated rings. The van der Waals surface area contributed by atoms with Crippen molar-refractivity contribution >= 4 is 5.69 Å². The molecule has 0 aliphatic carbocycles. The molecule has 1 heteroatoms. The van der Waals surface area contributed by atoms with Gasteiger partial charge in [-0.25, -0.2) is 0 Å². The number of hydrogen-bond acceptors (Lipinski definition) is 1. The van der Waals surface area contributed by atoms with Crippen molar-refractivity contribution in [2.24, 2.45) is 0 Å². The number of aryl methyl sites for hydroxylation is 2. The minimum atomic E-state index is 1.06. The zero-order valence-corrected chi connectivity index (χ0v) is 9.09. The average Bonchev–Trinajstić information content (AvgIpc) is 2.16. The van der Waals surface area contributed by atoms with Gasteiger partial charge in [-0.2, -0.15) is 0 Å². The first-order valence-corrected chi connectivity index (χ1v) is 4.99. The van der Waals surface area contributed by atoms with Crippen molar-refractivity contribution in [1.82, 2.24) is 0 Å². The van der Waals surface area contributed by atoms with E-state index in [9.17, 15) is 0 Å². The smallest absolute Gasteiger partial charge is 0.0366 e. The Morgan fingerprint density at radius 2 is 1.92 bits per heavy atom. The summed E-state index contributed by atoms with van der Waals surface area (Å²) in [5.41, 5.74) is 4.17. The highest BCUT2D eigenvalue weighted by Gasteiger charge is 2.00. The second-order valence-electron chi connectivity index (χ2n) is 3.48. The second-order valence-corrected chi connectivity index (χ2v) is 3.48. The summed E-state index contributed by atoms with van der Waals surface area (Å²) >= 11 is 0. The number of anilines is 1. The molecule has 72 valence electrons. The van der Waals surface area contributed by atoms with Crippen LogP contribution in [0.2, 0.25) is 0 Å². The highest BCUT2D eigenvalue weighted by Crippen LogP contribution is 2.18. The van der Waals surface area contributed by atoms with Gasteiger partial charge in [-0.15, -0.1) is 0 Å². The fraction of sp³-hybridized carbons (Fsp3) is 0.500. The molecular formula is C12H19N. The van der Waals surface area contributed by atoms with Gasteiger partial charge in [-0.1, -0.05) is 13.0 Å². The summed E-state index contributed by atoms with van der Waals surface area (Å²) in [6, 6.07) is 6.70. The van der Waals surface area contributed by atoms with Crippen LogP contribution in [-0.4, -0.2) is 13.6 Å². The third kappa shape index (κ3) is 2.24. The van der Waals surface area contributed by atoms with Gasteiger partial charge in [-0.3, -0.25) is 0 Å². The van der Waals surface area contributed by atoms with E-state index >= 15 is 0 Å². The SMILES string of the molecule is CCc1ccc(N(C)CC)cc1C. The van der Waals surface area contributed by atoms with E-state index in [0.29, 0.717) is 0 Å². The van der Waals surface area contributed by atoms with E-state index in [1.165, 1.54) is 16.8 Å². The van der Waals surface area contributed by atoms with Crippen molar-refractivity contribution in [3.63, 3.8) is 0 Å². The molecule has 0 aliphatic heterocycles. The average molecular weight is 177 g/mol. The van der Waals surface area contributed by atoms with Crippen LogP contribution in [0.25, 0.3) is 0 Å². The minimum Gasteiger partial charge on any atom is -0.375 e. The molecule has 1 rings (SSSR count). The molecule has 0 bridgehead atoms. The first kappa shape index (κ1) is 10.1. The summed E-state index contributed by atoms with van der Waals surface area (Å²) in [6.45, 7) is 7.62. The number of benzene rings is 1. The summed E-state index contributed by atoms with van der Waals surface area (Å²) in [7, 11) is 2.13. The molecule has 0 N–H and O–H groups in total. The van der Waals surface area contributed by atoms with Gasteiger partial charge >= 0.3 is 0 Å². The maximum absolute atomic E-state index is 2.27. The van der Waals surface area contributed by atoms with Crippen molar-refractivity contribution in [3.05, 3.63) is 29.3 Å². The number of nitrogens with zero attached hydrogens (tertiary/aromatic N) is 1. The minimum absolute atomic E-state index is 1.06. The lowest BCUT2D eigenvalue weighted by atomic mass is 10.1. The molecule has 0 heterocycles. The standard InChI is InChI=1S/C12H19N/c1-5-11-7-8-12(9-10(11)3)13(4)6-2/h7-9H,5-6H2,1-4H3. The van der Waals surface area contributed by atoms with Crippen LogP contribution in [-0.2, 0) is 6.42 Å². The van der Waals surface area contributed by atoms with Crippen LogP contribution in [0, 0.1) is 6.92 Å². The largest absolute Gasteiger partial charge is 0.375 e. The van der Waals surface area contributed by atoms with Gasteiger partial charge in [-0.05, 0) is 43.5 Å². The molecule has 0 saturated heterocycles. The van der Waals surface area contributed by atoms with Crippen LogP contribution < -0.4 is 4.90 Å². The van der Waals surface area contributed by atoms with E-state index in [-0.39, 0.29) is 0 Å². The summed E-state index contributed by atoms with van der Waals surface area (Å²) in [5.74, 6) is 0. The van der Waals surface area contributed by atoms with E-state index in [4.69, 9.17) is 0 Å². The maximum Gasteiger partial charge on any atom is 0.0366 e. The van der Waals surface area contributed by atoms with Gasteiger partial charge in [0.2, 0.25) is 0 Å². The molecular weight excluding hydrogens is 158 g/mol. The van der Waals surface area contributed by atoms with Gasteiger partial charge in [0, 0.05) is 19.3 Å². The summed E-state index contributed by atoms with van der Waals surface area (Å²) in [4.78, 5) is 2.26. The third-order valence-electron chi connectivity index (χ3n) is 2.62. The summed E-state index contributed by atoms with van der Waals surface area (Å²) in [5, 5.41) is 0. The second kappa shape index (κ2) is 4.31. The Labute approximate surface area is 81.4 Å². The molecule has 0 amide bonds. The molecule has 0 unspecified atom stereocenters. The van der Waals surface area contributed by atoms with Crippen LogP contribution in [0.1, 0.15) is 25.0 Å². The Kier molecular flexibility index (Phi) is 3.35. The van der Waals surface area contributed by atoms with Crippen LogP contribution in [0.15, 0.2) is 18.2 Å². The molecule has 0 spiro atoms. The normalized spacial score (nSPS) is 10.2. The third-order valence-corrected chi connectivity index (χ3v) is 2.62. The van der Waals surface area contributed by atoms with Gasteiger partial charge in [0.25, 0.3) is 0 Å². The Morgan fingerprint density at radius 1 is 1.23 bits per heavy atom. The molecule has 0 aromatic heterocycles. The lowest BCUT2D eigenvalue weighted by molar-refractivity contribution is 0.963. The summed E-state index contributed by atoms with van der Waals surface area (Å²) < 4.78 is 0. The van der Waals surface area contributed by atoms with Gasteiger partial charge in [0.1, 0.15) is 0 Å². The monoisotopic (exact) mass is 177 g/mol. The molecule has 0 aliphatic rings. The molecule has 1 nitrogen and oxygen atoms in total. The fourth-order valence-electron chi connectivity index (χ4n) is 1.50. The Morgan fingerprint density at radius 3 is 2.38 bits per heavy atom. The Hall–Kier alpha value is -0.980. The van der Waals surface area contributed by atoms with Crippen LogP contribution >= 0.6 is 0 Å². The van der Waals surface area contributed by atoms with Crippen molar-refractivity contribution in [3.8, 4) is 0 Å². The van der Waals surface area contributed by atoms with E-state index < -0.39 is 0 Å². The zero-order chi connectivity index (χ0) is 9.84. The lowest BCUT2D eigenvalue weighted by Crippen LogP contribution is -2.15. The predicted octanol–water partition coefficient (Wildman–Crippen LogP) is 3.01. The molecule has 0 saturated carbocycles. The summed E-state index contributed by atoms with van der Waals surface area (Å²) in [6.07, 6.45) is 1.13. The predicted molar refractivity (Wildman–Crippen MR) is 59.5 cm³/mol. The zero-order valence-electron chi connectivity index (χ0n) is 9.09. The van der Waals surface area contributed by atoms with Crippen LogP contribution in [0.4, 0.5) is 5.69 Å². The molecule has 1 aromatic carbocycles. The molecule has 1 aromatic rings.